The number of nitrogens with zero attached hydrogens (tertiary/aromatic N) is 1. The molecule has 3 aromatic rings. The van der Waals surface area contributed by atoms with E-state index in [1.807, 2.05) is 37.3 Å². The van der Waals surface area contributed by atoms with Crippen molar-refractivity contribution < 1.29 is 14.0 Å². The quantitative estimate of drug-likeness (QED) is 0.712. The predicted octanol–water partition coefficient (Wildman–Crippen LogP) is 2.76. The van der Waals surface area contributed by atoms with Crippen molar-refractivity contribution in [2.45, 2.75) is 13.5 Å². The van der Waals surface area contributed by atoms with E-state index in [0.29, 0.717) is 16.3 Å². The second-order valence-electron chi connectivity index (χ2n) is 5.32. The largest absolute Gasteiger partial charge is 0.467 e. The first kappa shape index (κ1) is 16.9. The number of furan rings is 1. The van der Waals surface area contributed by atoms with Crippen LogP contribution < -0.4 is 10.6 Å². The Labute approximate surface area is 148 Å². The lowest BCUT2D eigenvalue weighted by Gasteiger charge is -2.06. The van der Waals surface area contributed by atoms with Crippen LogP contribution in [0.2, 0.25) is 0 Å². The molecule has 0 atom stereocenters. The van der Waals surface area contributed by atoms with E-state index in [0.717, 1.165) is 10.6 Å². The van der Waals surface area contributed by atoms with Crippen molar-refractivity contribution in [2.24, 2.45) is 0 Å². The Morgan fingerprint density at radius 2 is 1.92 bits per heavy atom. The number of carbonyl (C=O) groups excluding carboxylic acids is 2. The highest BCUT2D eigenvalue weighted by Crippen LogP contribution is 2.27. The normalized spacial score (nSPS) is 10.4. The van der Waals surface area contributed by atoms with Crippen LogP contribution in [0.3, 0.4) is 0 Å². The van der Waals surface area contributed by atoms with E-state index in [-0.39, 0.29) is 24.9 Å². The van der Waals surface area contributed by atoms with Gasteiger partial charge in [-0.15, -0.1) is 11.3 Å². The molecule has 6 nitrogen and oxygen atoms in total. The zero-order chi connectivity index (χ0) is 17.6. The summed E-state index contributed by atoms with van der Waals surface area (Å²) in [5.41, 5.74) is 1.51. The molecule has 7 heteroatoms. The topological polar surface area (TPSA) is 84.2 Å². The number of amides is 2. The molecule has 0 fully saturated rings. The second-order valence-corrected chi connectivity index (χ2v) is 6.52. The molecule has 2 N–H and O–H groups in total. The Hall–Kier alpha value is -2.93. The standard InChI is InChI=1S/C18H17N3O3S/c1-12-21-16(13-6-3-2-4-7-13)17(25-12)18(23)20-11-15(22)19-10-14-8-5-9-24-14/h2-9H,10-11H2,1H3,(H,19,22)(H,20,23). The van der Waals surface area contributed by atoms with Gasteiger partial charge in [0.25, 0.3) is 5.91 Å². The maximum Gasteiger partial charge on any atom is 0.264 e. The van der Waals surface area contributed by atoms with Gasteiger partial charge in [0.05, 0.1) is 30.1 Å². The molecular weight excluding hydrogens is 338 g/mol. The van der Waals surface area contributed by atoms with Gasteiger partial charge >= 0.3 is 0 Å². The molecule has 0 spiro atoms. The van der Waals surface area contributed by atoms with Gasteiger partial charge in [0.1, 0.15) is 10.6 Å². The number of rotatable bonds is 6. The molecule has 2 amide bonds. The summed E-state index contributed by atoms with van der Waals surface area (Å²) in [6.45, 7) is 2.03. The van der Waals surface area contributed by atoms with Gasteiger partial charge in [0, 0.05) is 5.56 Å². The van der Waals surface area contributed by atoms with E-state index in [1.165, 1.54) is 11.3 Å². The molecule has 0 unspecified atom stereocenters. The van der Waals surface area contributed by atoms with Gasteiger partial charge in [-0.1, -0.05) is 30.3 Å². The lowest BCUT2D eigenvalue weighted by molar-refractivity contribution is -0.120. The van der Waals surface area contributed by atoms with Gasteiger partial charge in [-0.25, -0.2) is 4.98 Å². The van der Waals surface area contributed by atoms with Crippen LogP contribution in [0.15, 0.2) is 53.1 Å². The molecule has 0 saturated carbocycles. The summed E-state index contributed by atoms with van der Waals surface area (Å²) in [7, 11) is 0. The number of aryl methyl sites for hydroxylation is 1. The molecule has 0 aliphatic heterocycles. The van der Waals surface area contributed by atoms with E-state index in [4.69, 9.17) is 4.42 Å². The number of carbonyl (C=O) groups is 2. The van der Waals surface area contributed by atoms with Crippen LogP contribution in [0.5, 0.6) is 0 Å². The minimum atomic E-state index is -0.308. The first-order valence-electron chi connectivity index (χ1n) is 7.73. The fraction of sp³-hybridized carbons (Fsp3) is 0.167. The third-order valence-electron chi connectivity index (χ3n) is 3.44. The van der Waals surface area contributed by atoms with Crippen molar-refractivity contribution in [1.82, 2.24) is 15.6 Å². The van der Waals surface area contributed by atoms with E-state index < -0.39 is 0 Å². The molecule has 2 heterocycles. The van der Waals surface area contributed by atoms with Crippen molar-refractivity contribution in [3.63, 3.8) is 0 Å². The van der Waals surface area contributed by atoms with Crippen LogP contribution in [0, 0.1) is 6.92 Å². The highest BCUT2D eigenvalue weighted by Gasteiger charge is 2.18. The SMILES string of the molecule is Cc1nc(-c2ccccc2)c(C(=O)NCC(=O)NCc2ccco2)s1. The molecule has 0 aliphatic carbocycles. The highest BCUT2D eigenvalue weighted by molar-refractivity contribution is 7.14. The minimum absolute atomic E-state index is 0.106. The Morgan fingerprint density at radius 3 is 2.64 bits per heavy atom. The number of hydrogen-bond donors (Lipinski definition) is 2. The summed E-state index contributed by atoms with van der Waals surface area (Å²) < 4.78 is 5.14. The summed E-state index contributed by atoms with van der Waals surface area (Å²) in [4.78, 5) is 29.3. The molecule has 1 aromatic carbocycles. The van der Waals surface area contributed by atoms with Gasteiger partial charge in [0.2, 0.25) is 5.91 Å². The van der Waals surface area contributed by atoms with Crippen LogP contribution in [-0.2, 0) is 11.3 Å². The van der Waals surface area contributed by atoms with Crippen molar-refractivity contribution in [3.8, 4) is 11.3 Å². The number of thiazole rings is 1. The Morgan fingerprint density at radius 1 is 1.12 bits per heavy atom. The van der Waals surface area contributed by atoms with Gasteiger partial charge in [0.15, 0.2) is 0 Å². The van der Waals surface area contributed by atoms with Crippen LogP contribution in [0.25, 0.3) is 11.3 Å². The Kier molecular flexibility index (Phi) is 5.25. The lowest BCUT2D eigenvalue weighted by atomic mass is 10.1. The van der Waals surface area contributed by atoms with Crippen molar-refractivity contribution in [2.75, 3.05) is 6.54 Å². The van der Waals surface area contributed by atoms with Crippen molar-refractivity contribution in [1.29, 1.82) is 0 Å². The van der Waals surface area contributed by atoms with Crippen LogP contribution in [0.4, 0.5) is 0 Å². The number of nitrogens with one attached hydrogen (secondary N) is 2. The van der Waals surface area contributed by atoms with E-state index in [1.54, 1.807) is 18.4 Å². The number of hydrogen-bond acceptors (Lipinski definition) is 5. The average molecular weight is 355 g/mol. The fourth-order valence-corrected chi connectivity index (χ4v) is 3.13. The zero-order valence-electron chi connectivity index (χ0n) is 13.6. The molecule has 0 bridgehead atoms. The summed E-state index contributed by atoms with van der Waals surface area (Å²) in [5.74, 6) is 0.0639. The summed E-state index contributed by atoms with van der Waals surface area (Å²) in [5, 5.41) is 6.12. The first-order chi connectivity index (χ1) is 12.1. The van der Waals surface area contributed by atoms with Gasteiger partial charge in [-0.05, 0) is 19.1 Å². The summed E-state index contributed by atoms with van der Waals surface area (Å²) >= 11 is 1.31. The summed E-state index contributed by atoms with van der Waals surface area (Å²) in [6, 6.07) is 13.0. The van der Waals surface area contributed by atoms with Gasteiger partial charge in [-0.2, -0.15) is 0 Å². The van der Waals surface area contributed by atoms with Gasteiger partial charge < -0.3 is 15.1 Å². The Balaban J connectivity index is 1.61. The highest BCUT2D eigenvalue weighted by atomic mass is 32.1. The molecule has 2 aromatic heterocycles. The van der Waals surface area contributed by atoms with Crippen molar-refractivity contribution in [3.05, 3.63) is 64.4 Å². The van der Waals surface area contributed by atoms with Crippen LogP contribution >= 0.6 is 11.3 Å². The Bertz CT molecular complexity index is 857. The maximum absolute atomic E-state index is 12.5. The smallest absolute Gasteiger partial charge is 0.264 e. The van der Waals surface area contributed by atoms with E-state index >= 15 is 0 Å². The molecule has 25 heavy (non-hydrogen) atoms. The zero-order valence-corrected chi connectivity index (χ0v) is 14.4. The summed E-state index contributed by atoms with van der Waals surface area (Å²) in [6.07, 6.45) is 1.54. The number of aromatic nitrogens is 1. The van der Waals surface area contributed by atoms with Crippen LogP contribution in [-0.4, -0.2) is 23.3 Å². The van der Waals surface area contributed by atoms with Crippen molar-refractivity contribution >= 4 is 23.2 Å². The molecule has 0 radical (unpaired) electrons. The molecule has 0 aliphatic rings. The molecular formula is C18H17N3O3S. The van der Waals surface area contributed by atoms with E-state index in [2.05, 4.69) is 15.6 Å². The minimum Gasteiger partial charge on any atom is -0.467 e. The molecule has 128 valence electrons. The monoisotopic (exact) mass is 355 g/mol. The second kappa shape index (κ2) is 7.76. The lowest BCUT2D eigenvalue weighted by Crippen LogP contribution is -2.36. The fourth-order valence-electron chi connectivity index (χ4n) is 2.27. The number of benzene rings is 1. The maximum atomic E-state index is 12.5. The predicted molar refractivity (Wildman–Crippen MR) is 95.2 cm³/mol. The molecule has 3 rings (SSSR count). The average Bonchev–Trinajstić information content (AvgIpc) is 3.28. The third-order valence-corrected chi connectivity index (χ3v) is 4.41. The van der Waals surface area contributed by atoms with Gasteiger partial charge in [-0.3, -0.25) is 9.59 Å². The molecule has 0 saturated heterocycles. The van der Waals surface area contributed by atoms with E-state index in [9.17, 15) is 9.59 Å². The third kappa shape index (κ3) is 4.33. The first-order valence-corrected chi connectivity index (χ1v) is 8.55. The van der Waals surface area contributed by atoms with Crippen LogP contribution in [0.1, 0.15) is 20.4 Å².